The van der Waals surface area contributed by atoms with Crippen LogP contribution in [-0.4, -0.2) is 16.5 Å². The molecule has 16 heavy (non-hydrogen) atoms. The van der Waals surface area contributed by atoms with Crippen LogP contribution in [0.3, 0.4) is 0 Å². The second-order valence-electron chi connectivity index (χ2n) is 3.29. The van der Waals surface area contributed by atoms with Gasteiger partial charge in [-0.15, -0.1) is 0 Å². The van der Waals surface area contributed by atoms with Crippen LogP contribution in [0.1, 0.15) is 0 Å². The zero-order chi connectivity index (χ0) is 11.5. The molecule has 1 N–H and O–H groups in total. The lowest BCUT2D eigenvalue weighted by atomic mass is 10.3. The van der Waals surface area contributed by atoms with Gasteiger partial charge in [-0.3, -0.25) is 10.1 Å². The van der Waals surface area contributed by atoms with Crippen LogP contribution >= 0.6 is 0 Å². The van der Waals surface area contributed by atoms with E-state index in [1.165, 1.54) is 12.1 Å². The zero-order valence-electron chi connectivity index (χ0n) is 8.75. The second-order valence-corrected chi connectivity index (χ2v) is 3.29. The highest BCUT2D eigenvalue weighted by molar-refractivity contribution is 5.49. The van der Waals surface area contributed by atoms with Gasteiger partial charge in [0.05, 0.1) is 4.92 Å². The van der Waals surface area contributed by atoms with Crippen LogP contribution in [0.5, 0.6) is 0 Å². The summed E-state index contributed by atoms with van der Waals surface area (Å²) in [5.41, 5.74) is 0.988. The SMILES string of the molecule is CNc1cccn1-c1ccc([N+](=O)[O-])cc1. The van der Waals surface area contributed by atoms with Crippen molar-refractivity contribution in [3.05, 3.63) is 52.7 Å². The molecule has 82 valence electrons. The van der Waals surface area contributed by atoms with E-state index in [2.05, 4.69) is 5.32 Å². The molecule has 5 heteroatoms. The standard InChI is InChI=1S/C11H11N3O2/c1-12-11-3-2-8-13(11)9-4-6-10(7-5-9)14(15)16/h2-8,12H,1H3. The summed E-state index contributed by atoms with van der Waals surface area (Å²) < 4.78 is 1.92. The van der Waals surface area contributed by atoms with Crippen molar-refractivity contribution >= 4 is 11.5 Å². The smallest absolute Gasteiger partial charge is 0.269 e. The van der Waals surface area contributed by atoms with Crippen LogP contribution in [0.15, 0.2) is 42.6 Å². The molecule has 0 atom stereocenters. The van der Waals surface area contributed by atoms with Crippen LogP contribution in [0.2, 0.25) is 0 Å². The van der Waals surface area contributed by atoms with Gasteiger partial charge >= 0.3 is 0 Å². The Kier molecular flexibility index (Phi) is 2.59. The van der Waals surface area contributed by atoms with Crippen LogP contribution in [0.25, 0.3) is 5.69 Å². The number of aromatic nitrogens is 1. The Bertz CT molecular complexity index is 502. The van der Waals surface area contributed by atoms with Crippen molar-refractivity contribution in [3.8, 4) is 5.69 Å². The minimum Gasteiger partial charge on any atom is -0.374 e. The highest BCUT2D eigenvalue weighted by Crippen LogP contribution is 2.19. The van der Waals surface area contributed by atoms with Crippen molar-refractivity contribution in [2.24, 2.45) is 0 Å². The molecule has 0 unspecified atom stereocenters. The molecule has 0 aliphatic heterocycles. The number of nitrogens with one attached hydrogen (secondary N) is 1. The van der Waals surface area contributed by atoms with Crippen LogP contribution in [0.4, 0.5) is 11.5 Å². The van der Waals surface area contributed by atoms with Gasteiger partial charge in [-0.25, -0.2) is 0 Å². The van der Waals surface area contributed by atoms with E-state index in [1.807, 2.05) is 29.9 Å². The predicted octanol–water partition coefficient (Wildman–Crippen LogP) is 2.43. The molecule has 0 saturated carbocycles. The van der Waals surface area contributed by atoms with Crippen LogP contribution < -0.4 is 5.32 Å². The molecule has 0 aliphatic carbocycles. The molecule has 0 radical (unpaired) electrons. The van der Waals surface area contributed by atoms with Gasteiger partial charge in [0.2, 0.25) is 0 Å². The van der Waals surface area contributed by atoms with Gasteiger partial charge in [0.1, 0.15) is 5.82 Å². The molecule has 1 aromatic heterocycles. The van der Waals surface area contributed by atoms with Crippen molar-refractivity contribution in [2.75, 3.05) is 12.4 Å². The predicted molar refractivity (Wildman–Crippen MR) is 62.0 cm³/mol. The Morgan fingerprint density at radius 3 is 2.50 bits per heavy atom. The fourth-order valence-corrected chi connectivity index (χ4v) is 1.54. The van der Waals surface area contributed by atoms with Gasteiger partial charge in [-0.2, -0.15) is 0 Å². The first-order valence-electron chi connectivity index (χ1n) is 4.82. The Labute approximate surface area is 92.5 Å². The first-order chi connectivity index (χ1) is 7.72. The number of nitro benzene ring substituents is 1. The topological polar surface area (TPSA) is 60.1 Å². The van der Waals surface area contributed by atoms with E-state index in [1.54, 1.807) is 12.1 Å². The van der Waals surface area contributed by atoms with Gasteiger partial charge in [0.25, 0.3) is 5.69 Å². The molecule has 2 aromatic rings. The van der Waals surface area contributed by atoms with Crippen molar-refractivity contribution in [1.82, 2.24) is 4.57 Å². The summed E-state index contributed by atoms with van der Waals surface area (Å²) in [5, 5.41) is 13.5. The summed E-state index contributed by atoms with van der Waals surface area (Å²) >= 11 is 0. The fraction of sp³-hybridized carbons (Fsp3) is 0.0909. The van der Waals surface area contributed by atoms with Gasteiger partial charge < -0.3 is 9.88 Å². The summed E-state index contributed by atoms with van der Waals surface area (Å²) in [6.07, 6.45) is 1.90. The maximum absolute atomic E-state index is 10.5. The van der Waals surface area contributed by atoms with Gasteiger partial charge in [0.15, 0.2) is 0 Å². The third-order valence-electron chi connectivity index (χ3n) is 2.34. The number of benzene rings is 1. The monoisotopic (exact) mass is 217 g/mol. The van der Waals surface area contributed by atoms with E-state index in [4.69, 9.17) is 0 Å². The van der Waals surface area contributed by atoms with Crippen LogP contribution in [-0.2, 0) is 0 Å². The molecule has 1 heterocycles. The molecule has 0 saturated heterocycles. The first kappa shape index (κ1) is 10.2. The van der Waals surface area contributed by atoms with Gasteiger partial charge in [0, 0.05) is 31.1 Å². The van der Waals surface area contributed by atoms with Crippen LogP contribution in [0, 0.1) is 10.1 Å². The highest BCUT2D eigenvalue weighted by atomic mass is 16.6. The molecule has 2 rings (SSSR count). The number of non-ortho nitro benzene ring substituents is 1. The van der Waals surface area contributed by atoms with Gasteiger partial charge in [-0.1, -0.05) is 0 Å². The Morgan fingerprint density at radius 1 is 1.25 bits per heavy atom. The maximum atomic E-state index is 10.5. The lowest BCUT2D eigenvalue weighted by Crippen LogP contribution is -1.99. The number of nitro groups is 1. The Morgan fingerprint density at radius 2 is 1.94 bits per heavy atom. The van der Waals surface area contributed by atoms with Crippen molar-refractivity contribution in [2.45, 2.75) is 0 Å². The Hall–Kier alpha value is -2.30. The minimum atomic E-state index is -0.404. The van der Waals surface area contributed by atoms with E-state index in [0.717, 1.165) is 11.5 Å². The summed E-state index contributed by atoms with van der Waals surface area (Å²) in [6.45, 7) is 0. The summed E-state index contributed by atoms with van der Waals surface area (Å²) in [6, 6.07) is 10.3. The second kappa shape index (κ2) is 4.06. The van der Waals surface area contributed by atoms with E-state index < -0.39 is 4.92 Å². The molecular formula is C11H11N3O2. The largest absolute Gasteiger partial charge is 0.374 e. The lowest BCUT2D eigenvalue weighted by Gasteiger charge is -2.07. The Balaban J connectivity index is 2.38. The number of anilines is 1. The molecule has 0 bridgehead atoms. The molecule has 0 fully saturated rings. The van der Waals surface area contributed by atoms with E-state index in [0.29, 0.717) is 0 Å². The molecule has 0 spiro atoms. The molecule has 0 aliphatic rings. The average molecular weight is 217 g/mol. The van der Waals surface area contributed by atoms with E-state index in [-0.39, 0.29) is 5.69 Å². The maximum Gasteiger partial charge on any atom is 0.269 e. The quantitative estimate of drug-likeness (QED) is 0.634. The summed E-state index contributed by atoms with van der Waals surface area (Å²) in [5.74, 6) is 0.939. The number of hydrogen-bond acceptors (Lipinski definition) is 3. The average Bonchev–Trinajstić information content (AvgIpc) is 2.77. The number of hydrogen-bond donors (Lipinski definition) is 1. The van der Waals surface area contributed by atoms with Crippen molar-refractivity contribution in [1.29, 1.82) is 0 Å². The molecule has 0 amide bonds. The molecular weight excluding hydrogens is 206 g/mol. The highest BCUT2D eigenvalue weighted by Gasteiger charge is 2.06. The van der Waals surface area contributed by atoms with Crippen molar-refractivity contribution < 1.29 is 4.92 Å². The third kappa shape index (κ3) is 1.75. The number of rotatable bonds is 3. The van der Waals surface area contributed by atoms with Crippen molar-refractivity contribution in [3.63, 3.8) is 0 Å². The molecule has 1 aromatic carbocycles. The summed E-state index contributed by atoms with van der Waals surface area (Å²) in [7, 11) is 1.83. The third-order valence-corrected chi connectivity index (χ3v) is 2.34. The van der Waals surface area contributed by atoms with E-state index >= 15 is 0 Å². The zero-order valence-corrected chi connectivity index (χ0v) is 8.75. The fourth-order valence-electron chi connectivity index (χ4n) is 1.54. The summed E-state index contributed by atoms with van der Waals surface area (Å²) in [4.78, 5) is 10.1. The number of nitrogens with zero attached hydrogens (tertiary/aromatic N) is 2. The normalized spacial score (nSPS) is 10.1. The minimum absolute atomic E-state index is 0.0990. The first-order valence-corrected chi connectivity index (χ1v) is 4.82. The lowest BCUT2D eigenvalue weighted by molar-refractivity contribution is -0.384. The molecule has 5 nitrogen and oxygen atoms in total. The van der Waals surface area contributed by atoms with Gasteiger partial charge in [-0.05, 0) is 24.3 Å². The van der Waals surface area contributed by atoms with E-state index in [9.17, 15) is 10.1 Å².